The number of nitrogen functional groups attached to an aromatic ring is 1. The molecule has 1 aromatic carbocycles. The van der Waals surface area contributed by atoms with Crippen molar-refractivity contribution >= 4 is 11.8 Å². The van der Waals surface area contributed by atoms with Crippen molar-refractivity contribution < 1.29 is 14.3 Å². The second-order valence-electron chi connectivity index (χ2n) is 7.27. The van der Waals surface area contributed by atoms with E-state index in [4.69, 9.17) is 15.2 Å². The normalized spacial score (nSPS) is 16.3. The van der Waals surface area contributed by atoms with Crippen molar-refractivity contribution in [3.05, 3.63) is 23.3 Å². The topological polar surface area (TPSA) is 64.8 Å². The first kappa shape index (κ1) is 17.4. The highest BCUT2D eigenvalue weighted by atomic mass is 16.6. The Balaban J connectivity index is 1.92. The molecular weight excluding hydrogens is 292 g/mol. The van der Waals surface area contributed by atoms with Gasteiger partial charge < -0.3 is 20.1 Å². The average Bonchev–Trinajstić information content (AvgIpc) is 2.41. The van der Waals surface area contributed by atoms with E-state index in [2.05, 4.69) is 0 Å². The van der Waals surface area contributed by atoms with Crippen molar-refractivity contribution in [3.8, 4) is 5.75 Å². The lowest BCUT2D eigenvalue weighted by atomic mass is 10.1. The van der Waals surface area contributed by atoms with Crippen LogP contribution in [0.4, 0.5) is 10.5 Å². The third-order valence-electron chi connectivity index (χ3n) is 3.86. The number of hydrogen-bond donors (Lipinski definition) is 1. The summed E-state index contributed by atoms with van der Waals surface area (Å²) >= 11 is 0. The van der Waals surface area contributed by atoms with E-state index >= 15 is 0 Å². The summed E-state index contributed by atoms with van der Waals surface area (Å²) in [5.74, 6) is 0.912. The SMILES string of the molecule is Cc1cc(N)cc(C)c1OC1CCN(C(=O)OC(C)(C)C)CC1. The molecule has 5 heteroatoms. The third kappa shape index (κ3) is 4.78. The predicted molar refractivity (Wildman–Crippen MR) is 91.8 cm³/mol. The molecule has 1 amide bonds. The van der Waals surface area contributed by atoms with Crippen LogP contribution < -0.4 is 10.5 Å². The van der Waals surface area contributed by atoms with E-state index < -0.39 is 5.60 Å². The molecule has 1 aliphatic rings. The highest BCUT2D eigenvalue weighted by molar-refractivity contribution is 5.68. The highest BCUT2D eigenvalue weighted by Gasteiger charge is 2.28. The van der Waals surface area contributed by atoms with E-state index in [0.717, 1.165) is 35.4 Å². The molecule has 23 heavy (non-hydrogen) atoms. The van der Waals surface area contributed by atoms with Gasteiger partial charge in [0.25, 0.3) is 0 Å². The van der Waals surface area contributed by atoms with Crippen LogP contribution in [0.1, 0.15) is 44.7 Å². The first-order valence-corrected chi connectivity index (χ1v) is 8.17. The number of nitrogens with two attached hydrogens (primary N) is 1. The number of likely N-dealkylation sites (tertiary alicyclic amines) is 1. The molecule has 0 bridgehead atoms. The van der Waals surface area contributed by atoms with E-state index in [0.29, 0.717) is 13.1 Å². The van der Waals surface area contributed by atoms with Gasteiger partial charge in [0.1, 0.15) is 17.5 Å². The van der Waals surface area contributed by atoms with Crippen LogP contribution in [0.25, 0.3) is 0 Å². The van der Waals surface area contributed by atoms with Gasteiger partial charge in [-0.05, 0) is 57.9 Å². The Morgan fingerprint density at radius 3 is 2.17 bits per heavy atom. The molecule has 1 aliphatic heterocycles. The molecule has 1 heterocycles. The smallest absolute Gasteiger partial charge is 0.410 e. The molecule has 0 saturated carbocycles. The van der Waals surface area contributed by atoms with Gasteiger partial charge in [0.15, 0.2) is 0 Å². The van der Waals surface area contributed by atoms with Crippen LogP contribution in [0.3, 0.4) is 0 Å². The minimum absolute atomic E-state index is 0.120. The zero-order valence-electron chi connectivity index (χ0n) is 14.8. The lowest BCUT2D eigenvalue weighted by Gasteiger charge is -2.34. The summed E-state index contributed by atoms with van der Waals surface area (Å²) in [7, 11) is 0. The Morgan fingerprint density at radius 1 is 1.17 bits per heavy atom. The monoisotopic (exact) mass is 320 g/mol. The molecule has 0 aromatic heterocycles. The van der Waals surface area contributed by atoms with Crippen LogP contribution in [0, 0.1) is 13.8 Å². The fourth-order valence-electron chi connectivity index (χ4n) is 2.82. The maximum Gasteiger partial charge on any atom is 0.410 e. The zero-order chi connectivity index (χ0) is 17.2. The number of carbonyl (C=O) groups is 1. The molecule has 0 spiro atoms. The fourth-order valence-corrected chi connectivity index (χ4v) is 2.82. The van der Waals surface area contributed by atoms with Crippen molar-refractivity contribution in [2.24, 2.45) is 0 Å². The van der Waals surface area contributed by atoms with Gasteiger partial charge in [-0.25, -0.2) is 4.79 Å². The Hall–Kier alpha value is -1.91. The van der Waals surface area contributed by atoms with E-state index in [1.54, 1.807) is 4.90 Å². The first-order chi connectivity index (χ1) is 10.7. The van der Waals surface area contributed by atoms with Crippen LogP contribution in [-0.4, -0.2) is 35.8 Å². The van der Waals surface area contributed by atoms with Gasteiger partial charge in [-0.2, -0.15) is 0 Å². The van der Waals surface area contributed by atoms with Crippen molar-refractivity contribution in [2.45, 2.75) is 59.2 Å². The molecule has 0 radical (unpaired) electrons. The number of nitrogens with zero attached hydrogens (tertiary/aromatic N) is 1. The Kier molecular flexibility index (Phi) is 5.07. The number of amides is 1. The maximum absolute atomic E-state index is 12.1. The van der Waals surface area contributed by atoms with Gasteiger partial charge in [0.2, 0.25) is 0 Å². The summed E-state index contributed by atoms with van der Waals surface area (Å²) < 4.78 is 11.6. The molecule has 5 nitrogen and oxygen atoms in total. The molecule has 2 rings (SSSR count). The molecule has 128 valence electrons. The lowest BCUT2D eigenvalue weighted by Crippen LogP contribution is -2.44. The molecule has 2 N–H and O–H groups in total. The van der Waals surface area contributed by atoms with Gasteiger partial charge in [-0.1, -0.05) is 0 Å². The van der Waals surface area contributed by atoms with Crippen molar-refractivity contribution in [3.63, 3.8) is 0 Å². The van der Waals surface area contributed by atoms with E-state index in [-0.39, 0.29) is 12.2 Å². The minimum atomic E-state index is -0.456. The van der Waals surface area contributed by atoms with Crippen LogP contribution in [-0.2, 0) is 4.74 Å². The quantitative estimate of drug-likeness (QED) is 0.845. The largest absolute Gasteiger partial charge is 0.490 e. The van der Waals surface area contributed by atoms with Gasteiger partial charge in [0.05, 0.1) is 0 Å². The first-order valence-electron chi connectivity index (χ1n) is 8.17. The van der Waals surface area contributed by atoms with Crippen molar-refractivity contribution in [2.75, 3.05) is 18.8 Å². The predicted octanol–water partition coefficient (Wildman–Crippen LogP) is 3.66. The molecule has 0 unspecified atom stereocenters. The van der Waals surface area contributed by atoms with Gasteiger partial charge >= 0.3 is 6.09 Å². The number of rotatable bonds is 2. The molecule has 1 fully saturated rings. The maximum atomic E-state index is 12.1. The number of ether oxygens (including phenoxy) is 2. The highest BCUT2D eigenvalue weighted by Crippen LogP contribution is 2.29. The molecular formula is C18H28N2O3. The van der Waals surface area contributed by atoms with Gasteiger partial charge in [-0.3, -0.25) is 0 Å². The number of carbonyl (C=O) groups excluding carboxylic acids is 1. The van der Waals surface area contributed by atoms with Crippen LogP contribution in [0.5, 0.6) is 5.75 Å². The molecule has 1 saturated heterocycles. The number of benzene rings is 1. The van der Waals surface area contributed by atoms with Crippen LogP contribution >= 0.6 is 0 Å². The summed E-state index contributed by atoms with van der Waals surface area (Å²) in [5, 5.41) is 0. The van der Waals surface area contributed by atoms with Gasteiger partial charge in [-0.15, -0.1) is 0 Å². The second-order valence-corrected chi connectivity index (χ2v) is 7.27. The number of piperidine rings is 1. The Labute approximate surface area is 138 Å². The summed E-state index contributed by atoms with van der Waals surface area (Å²) in [5.41, 5.74) is 8.26. The summed E-state index contributed by atoms with van der Waals surface area (Å²) in [6, 6.07) is 3.86. The van der Waals surface area contributed by atoms with E-state index in [1.165, 1.54) is 0 Å². The third-order valence-corrected chi connectivity index (χ3v) is 3.86. The van der Waals surface area contributed by atoms with Gasteiger partial charge in [0, 0.05) is 31.6 Å². The fraction of sp³-hybridized carbons (Fsp3) is 0.611. The molecule has 0 atom stereocenters. The standard InChI is InChI=1S/C18H28N2O3/c1-12-10-14(19)11-13(2)16(12)22-15-6-8-20(9-7-15)17(21)23-18(3,4)5/h10-11,15H,6-9,19H2,1-5H3. The Bertz CT molecular complexity index is 547. The second kappa shape index (κ2) is 6.69. The minimum Gasteiger partial charge on any atom is -0.490 e. The lowest BCUT2D eigenvalue weighted by molar-refractivity contribution is 0.0125. The average molecular weight is 320 g/mol. The van der Waals surface area contributed by atoms with Crippen LogP contribution in [0.15, 0.2) is 12.1 Å². The van der Waals surface area contributed by atoms with Crippen LogP contribution in [0.2, 0.25) is 0 Å². The summed E-state index contributed by atoms with van der Waals surface area (Å²) in [6.45, 7) is 11.0. The van der Waals surface area contributed by atoms with E-state index in [1.807, 2.05) is 46.8 Å². The Morgan fingerprint density at radius 2 is 1.70 bits per heavy atom. The number of aryl methyl sites for hydroxylation is 2. The number of hydrogen-bond acceptors (Lipinski definition) is 4. The summed E-state index contributed by atoms with van der Waals surface area (Å²) in [6.07, 6.45) is 1.50. The van der Waals surface area contributed by atoms with Crippen molar-refractivity contribution in [1.82, 2.24) is 4.90 Å². The zero-order valence-corrected chi connectivity index (χ0v) is 14.8. The van der Waals surface area contributed by atoms with E-state index in [9.17, 15) is 4.79 Å². The molecule has 1 aromatic rings. The number of anilines is 1. The van der Waals surface area contributed by atoms with Crippen molar-refractivity contribution in [1.29, 1.82) is 0 Å². The molecule has 0 aliphatic carbocycles. The summed E-state index contributed by atoms with van der Waals surface area (Å²) in [4.78, 5) is 13.8.